The van der Waals surface area contributed by atoms with E-state index in [0.29, 0.717) is 12.8 Å². The first kappa shape index (κ1) is 11.8. The molecule has 0 aromatic carbocycles. The Balaban J connectivity index is 3.26. The molecular formula is C9H15NO3. The minimum absolute atomic E-state index is 0.193. The van der Waals surface area contributed by atoms with Crippen LogP contribution in [0.3, 0.4) is 0 Å². The predicted octanol–water partition coefficient (Wildman–Crippen LogP) is 0.0203. The highest BCUT2D eigenvalue weighted by molar-refractivity contribution is 5.90. The molecule has 0 fully saturated rings. The number of aliphatic hydroxyl groups excluding tert-OH is 1. The molecule has 0 aliphatic carbocycles. The molecule has 1 amide bonds. The first-order valence-corrected chi connectivity index (χ1v) is 4.31. The molecular weight excluding hydrogens is 170 g/mol. The van der Waals surface area contributed by atoms with Gasteiger partial charge in [0, 0.05) is 19.2 Å². The fourth-order valence-electron chi connectivity index (χ4n) is 0.811. The van der Waals surface area contributed by atoms with E-state index in [2.05, 4.69) is 5.32 Å². The highest BCUT2D eigenvalue weighted by Crippen LogP contribution is 1.91. The van der Waals surface area contributed by atoms with Crippen LogP contribution in [0.5, 0.6) is 0 Å². The van der Waals surface area contributed by atoms with Gasteiger partial charge < -0.3 is 10.4 Å². The number of aldehydes is 1. The van der Waals surface area contributed by atoms with Gasteiger partial charge in [0.25, 0.3) is 0 Å². The van der Waals surface area contributed by atoms with Crippen molar-refractivity contribution in [3.63, 3.8) is 0 Å². The predicted molar refractivity (Wildman–Crippen MR) is 49.2 cm³/mol. The number of carbonyl (C=O) groups excluding carboxylic acids is 2. The summed E-state index contributed by atoms with van der Waals surface area (Å²) in [6.45, 7) is 0.779. The maximum Gasteiger partial charge on any atom is 0.244 e. The number of carbonyl (C=O) groups is 2. The number of hydrogen-bond acceptors (Lipinski definition) is 3. The van der Waals surface area contributed by atoms with Gasteiger partial charge in [0.05, 0.1) is 0 Å². The van der Waals surface area contributed by atoms with Gasteiger partial charge in [0.2, 0.25) is 5.91 Å². The SMILES string of the molecule is O=C/C=C\C(=O)NCCCCCO. The second-order valence-electron chi connectivity index (χ2n) is 2.57. The molecule has 0 rings (SSSR count). The van der Waals surface area contributed by atoms with Crippen molar-refractivity contribution in [2.75, 3.05) is 13.2 Å². The molecule has 0 radical (unpaired) electrons. The fraction of sp³-hybridized carbons (Fsp3) is 0.556. The number of allylic oxidation sites excluding steroid dienone is 1. The molecule has 4 nitrogen and oxygen atoms in total. The summed E-state index contributed by atoms with van der Waals surface area (Å²) in [5, 5.41) is 11.1. The van der Waals surface area contributed by atoms with Crippen molar-refractivity contribution in [2.24, 2.45) is 0 Å². The van der Waals surface area contributed by atoms with Gasteiger partial charge in [-0.25, -0.2) is 0 Å². The zero-order valence-corrected chi connectivity index (χ0v) is 7.53. The summed E-state index contributed by atoms with van der Waals surface area (Å²) in [5.41, 5.74) is 0. The van der Waals surface area contributed by atoms with Gasteiger partial charge in [-0.2, -0.15) is 0 Å². The van der Waals surface area contributed by atoms with E-state index < -0.39 is 0 Å². The highest BCUT2D eigenvalue weighted by Gasteiger charge is 1.93. The smallest absolute Gasteiger partial charge is 0.244 e. The van der Waals surface area contributed by atoms with Crippen LogP contribution >= 0.6 is 0 Å². The Bertz CT molecular complexity index is 178. The molecule has 0 spiro atoms. The molecule has 0 atom stereocenters. The lowest BCUT2D eigenvalue weighted by atomic mass is 10.2. The van der Waals surface area contributed by atoms with Gasteiger partial charge >= 0.3 is 0 Å². The van der Waals surface area contributed by atoms with Crippen molar-refractivity contribution in [3.05, 3.63) is 12.2 Å². The molecule has 0 heterocycles. The maximum atomic E-state index is 10.8. The Labute approximate surface area is 77.6 Å². The van der Waals surface area contributed by atoms with E-state index in [9.17, 15) is 9.59 Å². The van der Waals surface area contributed by atoms with E-state index >= 15 is 0 Å². The third kappa shape index (κ3) is 8.75. The maximum absolute atomic E-state index is 10.8. The Morgan fingerprint density at radius 3 is 2.69 bits per heavy atom. The van der Waals surface area contributed by atoms with Crippen LogP contribution < -0.4 is 5.32 Å². The van der Waals surface area contributed by atoms with Crippen LogP contribution in [-0.4, -0.2) is 30.5 Å². The van der Waals surface area contributed by atoms with Gasteiger partial charge in [-0.3, -0.25) is 9.59 Å². The minimum Gasteiger partial charge on any atom is -0.396 e. The third-order valence-corrected chi connectivity index (χ3v) is 1.46. The van der Waals surface area contributed by atoms with E-state index in [1.807, 2.05) is 0 Å². The molecule has 0 aliphatic heterocycles. The van der Waals surface area contributed by atoms with Crippen molar-refractivity contribution >= 4 is 12.2 Å². The summed E-state index contributed by atoms with van der Waals surface area (Å²) in [6.07, 6.45) is 5.42. The summed E-state index contributed by atoms with van der Waals surface area (Å²) in [6, 6.07) is 0. The van der Waals surface area contributed by atoms with E-state index in [-0.39, 0.29) is 12.5 Å². The molecule has 0 unspecified atom stereocenters. The third-order valence-electron chi connectivity index (χ3n) is 1.46. The number of rotatable bonds is 7. The fourth-order valence-corrected chi connectivity index (χ4v) is 0.811. The molecule has 4 heteroatoms. The quantitative estimate of drug-likeness (QED) is 0.334. The Hall–Kier alpha value is -1.16. The summed E-state index contributed by atoms with van der Waals surface area (Å²) < 4.78 is 0. The van der Waals surface area contributed by atoms with Crippen molar-refractivity contribution in [3.8, 4) is 0 Å². The van der Waals surface area contributed by atoms with Crippen LogP contribution in [0.2, 0.25) is 0 Å². The lowest BCUT2D eigenvalue weighted by molar-refractivity contribution is -0.116. The van der Waals surface area contributed by atoms with Gasteiger partial charge in [-0.15, -0.1) is 0 Å². The average molecular weight is 185 g/mol. The largest absolute Gasteiger partial charge is 0.396 e. The lowest BCUT2D eigenvalue weighted by Crippen LogP contribution is -2.22. The minimum atomic E-state index is -0.254. The van der Waals surface area contributed by atoms with E-state index in [4.69, 9.17) is 5.11 Å². The molecule has 0 bridgehead atoms. The zero-order chi connectivity index (χ0) is 9.94. The molecule has 2 N–H and O–H groups in total. The van der Waals surface area contributed by atoms with Crippen LogP contribution in [0.4, 0.5) is 0 Å². The van der Waals surface area contributed by atoms with Gasteiger partial charge in [0.1, 0.15) is 6.29 Å². The number of aliphatic hydroxyl groups is 1. The molecule has 0 aromatic heterocycles. The number of nitrogens with one attached hydrogen (secondary N) is 1. The molecule has 0 saturated heterocycles. The lowest BCUT2D eigenvalue weighted by Gasteiger charge is -2.00. The highest BCUT2D eigenvalue weighted by atomic mass is 16.2. The normalized spacial score (nSPS) is 10.2. The summed E-state index contributed by atoms with van der Waals surface area (Å²) in [7, 11) is 0. The average Bonchev–Trinajstić information content (AvgIpc) is 2.14. The summed E-state index contributed by atoms with van der Waals surface area (Å²) in [4.78, 5) is 20.7. The van der Waals surface area contributed by atoms with Crippen molar-refractivity contribution in [1.29, 1.82) is 0 Å². The van der Waals surface area contributed by atoms with Crippen molar-refractivity contribution < 1.29 is 14.7 Å². The van der Waals surface area contributed by atoms with Gasteiger partial charge in [-0.05, 0) is 25.3 Å². The first-order chi connectivity index (χ1) is 6.31. The standard InChI is InChI=1S/C9H15NO3/c11-7-3-1-2-6-10-9(13)5-4-8-12/h4-5,8,11H,1-3,6-7H2,(H,10,13)/b5-4-. The molecule has 74 valence electrons. The summed E-state index contributed by atoms with van der Waals surface area (Å²) in [5.74, 6) is -0.254. The van der Waals surface area contributed by atoms with Crippen LogP contribution in [0, 0.1) is 0 Å². The van der Waals surface area contributed by atoms with Crippen LogP contribution in [0.15, 0.2) is 12.2 Å². The Morgan fingerprint density at radius 2 is 2.08 bits per heavy atom. The number of amides is 1. The second-order valence-corrected chi connectivity index (χ2v) is 2.57. The van der Waals surface area contributed by atoms with E-state index in [1.54, 1.807) is 0 Å². The zero-order valence-electron chi connectivity index (χ0n) is 7.53. The molecule has 0 saturated carbocycles. The molecule has 13 heavy (non-hydrogen) atoms. The first-order valence-electron chi connectivity index (χ1n) is 4.31. The Morgan fingerprint density at radius 1 is 1.31 bits per heavy atom. The topological polar surface area (TPSA) is 66.4 Å². The van der Waals surface area contributed by atoms with Gasteiger partial charge in [-0.1, -0.05) is 0 Å². The summed E-state index contributed by atoms with van der Waals surface area (Å²) >= 11 is 0. The second kappa shape index (κ2) is 8.93. The van der Waals surface area contributed by atoms with Crippen molar-refractivity contribution in [2.45, 2.75) is 19.3 Å². The van der Waals surface area contributed by atoms with Crippen molar-refractivity contribution in [1.82, 2.24) is 5.32 Å². The number of hydrogen-bond donors (Lipinski definition) is 2. The van der Waals surface area contributed by atoms with Crippen LogP contribution in [0.1, 0.15) is 19.3 Å². The van der Waals surface area contributed by atoms with Gasteiger partial charge in [0.15, 0.2) is 0 Å². The molecule has 0 aromatic rings. The molecule has 0 aliphatic rings. The van der Waals surface area contributed by atoms with Crippen LogP contribution in [0.25, 0.3) is 0 Å². The van der Waals surface area contributed by atoms with Crippen LogP contribution in [-0.2, 0) is 9.59 Å². The monoisotopic (exact) mass is 185 g/mol. The van der Waals surface area contributed by atoms with E-state index in [0.717, 1.165) is 25.3 Å². The Kier molecular flexibility index (Phi) is 8.14. The number of unbranched alkanes of at least 4 members (excludes halogenated alkanes) is 2. The van der Waals surface area contributed by atoms with E-state index in [1.165, 1.54) is 6.08 Å².